The van der Waals surface area contributed by atoms with Crippen LogP contribution in [0.15, 0.2) is 73.3 Å². The highest BCUT2D eigenvalue weighted by Crippen LogP contribution is 2.35. The van der Waals surface area contributed by atoms with Crippen LogP contribution < -0.4 is 20.9 Å². The molecule has 1 aromatic carbocycles. The molecule has 1 amide bonds. The number of anilines is 3. The highest BCUT2D eigenvalue weighted by molar-refractivity contribution is 5.78. The number of carbonyl (C=O) groups is 2. The van der Waals surface area contributed by atoms with Crippen LogP contribution in [-0.2, 0) is 22.4 Å². The Kier molecular flexibility index (Phi) is 9.79. The van der Waals surface area contributed by atoms with Gasteiger partial charge >= 0.3 is 12.1 Å². The zero-order chi connectivity index (χ0) is 33.7. The quantitative estimate of drug-likeness (QED) is 0.126. The second-order valence-corrected chi connectivity index (χ2v) is 13.4. The van der Waals surface area contributed by atoms with Gasteiger partial charge < -0.3 is 35.3 Å². The normalized spacial score (nSPS) is 16.3. The molecule has 1 saturated heterocycles. The molecule has 0 aliphatic carbocycles. The summed E-state index contributed by atoms with van der Waals surface area (Å²) in [5.74, 6) is 1.02. The minimum Gasteiger partial charge on any atom is -0.465 e. The number of hydrogen-bond acceptors (Lipinski definition) is 9. The summed E-state index contributed by atoms with van der Waals surface area (Å²) in [5.41, 5.74) is 3.17. The van der Waals surface area contributed by atoms with Crippen molar-refractivity contribution in [3.63, 3.8) is 0 Å². The van der Waals surface area contributed by atoms with Crippen molar-refractivity contribution in [2.45, 2.75) is 70.6 Å². The smallest absolute Gasteiger partial charge is 0.406 e. The van der Waals surface area contributed by atoms with E-state index in [-0.39, 0.29) is 6.42 Å². The Balaban J connectivity index is 1.29. The van der Waals surface area contributed by atoms with Gasteiger partial charge in [-0.1, -0.05) is 36.4 Å². The van der Waals surface area contributed by atoms with E-state index >= 15 is 0 Å². The number of hydrogen-bond donors (Lipinski definition) is 4. The van der Waals surface area contributed by atoms with Crippen LogP contribution in [0.1, 0.15) is 62.8 Å². The van der Waals surface area contributed by atoms with E-state index in [0.29, 0.717) is 23.2 Å². The lowest BCUT2D eigenvalue weighted by Crippen LogP contribution is -2.50. The number of carbonyl (C=O) groups excluding carboxylic acids is 1. The zero-order valence-electron chi connectivity index (χ0n) is 27.7. The number of nitrogens with one attached hydrogen (secondary N) is 3. The molecule has 5 heterocycles. The SMILES string of the molecule is CC(C)(C)OC(=O)C(Cc1ccccc1)C(NC(=O)O)Nc1ncnc(N2CCC(c3ccc4c(n3)NCCC4)CC2)c1-n1cccc1. The second-order valence-electron chi connectivity index (χ2n) is 13.4. The molecule has 4 N–H and O–H groups in total. The van der Waals surface area contributed by atoms with Crippen LogP contribution in [0, 0.1) is 5.92 Å². The number of esters is 1. The Morgan fingerprint density at radius 3 is 2.50 bits per heavy atom. The summed E-state index contributed by atoms with van der Waals surface area (Å²) in [6, 6.07) is 17.7. The van der Waals surface area contributed by atoms with Gasteiger partial charge in [0.1, 0.15) is 29.6 Å². The maximum Gasteiger partial charge on any atom is 0.406 e. The van der Waals surface area contributed by atoms with Gasteiger partial charge in [0.25, 0.3) is 0 Å². The van der Waals surface area contributed by atoms with Crippen LogP contribution in [0.3, 0.4) is 0 Å². The summed E-state index contributed by atoms with van der Waals surface area (Å²) < 4.78 is 7.72. The fourth-order valence-corrected chi connectivity index (χ4v) is 6.49. The van der Waals surface area contributed by atoms with Crippen molar-refractivity contribution in [3.8, 4) is 5.69 Å². The van der Waals surface area contributed by atoms with Crippen LogP contribution in [0.25, 0.3) is 5.69 Å². The van der Waals surface area contributed by atoms with Crippen molar-refractivity contribution in [1.82, 2.24) is 24.8 Å². The molecule has 2 aliphatic heterocycles. The van der Waals surface area contributed by atoms with Crippen molar-refractivity contribution in [3.05, 3.63) is 90.1 Å². The van der Waals surface area contributed by atoms with Crippen LogP contribution in [0.2, 0.25) is 0 Å². The summed E-state index contributed by atoms with van der Waals surface area (Å²) >= 11 is 0. The van der Waals surface area contributed by atoms with Crippen molar-refractivity contribution in [2.24, 2.45) is 5.92 Å². The summed E-state index contributed by atoms with van der Waals surface area (Å²) in [7, 11) is 0. The number of ether oxygens (including phenoxy) is 1. The molecule has 0 bridgehead atoms. The lowest BCUT2D eigenvalue weighted by atomic mass is 9.92. The molecule has 2 unspecified atom stereocenters. The van der Waals surface area contributed by atoms with Crippen LogP contribution >= 0.6 is 0 Å². The maximum atomic E-state index is 13.7. The zero-order valence-corrected chi connectivity index (χ0v) is 27.7. The Bertz CT molecular complexity index is 1700. The number of carboxylic acid groups (broad SMARTS) is 1. The summed E-state index contributed by atoms with van der Waals surface area (Å²) in [6.07, 6.45) is 7.19. The van der Waals surface area contributed by atoms with Crippen molar-refractivity contribution in [1.29, 1.82) is 0 Å². The van der Waals surface area contributed by atoms with E-state index in [2.05, 4.69) is 38.0 Å². The first-order chi connectivity index (χ1) is 23.1. The molecule has 48 heavy (non-hydrogen) atoms. The van der Waals surface area contributed by atoms with Crippen molar-refractivity contribution in [2.75, 3.05) is 35.2 Å². The van der Waals surface area contributed by atoms with Gasteiger partial charge in [-0.15, -0.1) is 0 Å². The lowest BCUT2D eigenvalue weighted by molar-refractivity contribution is -0.160. The molecular formula is C36H44N8O4. The molecule has 6 rings (SSSR count). The number of aromatic nitrogens is 4. The molecule has 4 aromatic rings. The Hall–Kier alpha value is -5.13. The van der Waals surface area contributed by atoms with E-state index in [1.165, 1.54) is 11.9 Å². The highest BCUT2D eigenvalue weighted by Gasteiger charge is 2.35. The standard InChI is InChI=1S/C36H44N8O4/c1-36(2,3)48-34(45)27(22-24-10-5-4-6-11-24)31(42-35(46)47)41-32-29(43-18-7-8-19-43)33(39-23-38-32)44-20-15-25(16-21-44)28-14-13-26-12-9-17-37-30(26)40-28/h4-8,10-11,13-14,18-19,23,25,27,31,42H,9,12,15-17,20-22H2,1-3H3,(H,37,40)(H,46,47)(H,38,39,41). The summed E-state index contributed by atoms with van der Waals surface area (Å²) in [6.45, 7) is 7.85. The minimum atomic E-state index is -1.28. The Morgan fingerprint density at radius 1 is 1.04 bits per heavy atom. The summed E-state index contributed by atoms with van der Waals surface area (Å²) in [4.78, 5) is 42.4. The number of amides is 1. The van der Waals surface area contributed by atoms with Crippen molar-refractivity contribution >= 4 is 29.5 Å². The van der Waals surface area contributed by atoms with E-state index in [9.17, 15) is 14.7 Å². The van der Waals surface area contributed by atoms with Gasteiger partial charge in [0, 0.05) is 43.6 Å². The highest BCUT2D eigenvalue weighted by atomic mass is 16.6. The van der Waals surface area contributed by atoms with Gasteiger partial charge in [-0.05, 0) is 82.2 Å². The summed E-state index contributed by atoms with van der Waals surface area (Å²) in [5, 5.41) is 19.2. The molecule has 12 heteroatoms. The molecule has 2 atom stereocenters. The first-order valence-electron chi connectivity index (χ1n) is 16.6. The van der Waals surface area contributed by atoms with Gasteiger partial charge in [-0.2, -0.15) is 0 Å². The van der Waals surface area contributed by atoms with Crippen LogP contribution in [-0.4, -0.2) is 68.1 Å². The number of pyridine rings is 1. The van der Waals surface area contributed by atoms with Gasteiger partial charge in [-0.25, -0.2) is 19.7 Å². The molecule has 0 saturated carbocycles. The fraction of sp³-hybridized carbons (Fsp3) is 0.417. The topological polar surface area (TPSA) is 147 Å². The molecule has 252 valence electrons. The number of aryl methyl sites for hydroxylation is 1. The van der Waals surface area contributed by atoms with E-state index < -0.39 is 29.7 Å². The van der Waals surface area contributed by atoms with Crippen LogP contribution in [0.5, 0.6) is 0 Å². The van der Waals surface area contributed by atoms with E-state index in [4.69, 9.17) is 14.7 Å². The van der Waals surface area contributed by atoms with E-state index in [0.717, 1.165) is 62.4 Å². The maximum absolute atomic E-state index is 13.7. The molecule has 1 fully saturated rings. The molecule has 3 aromatic heterocycles. The third kappa shape index (κ3) is 7.87. The first kappa shape index (κ1) is 32.8. The predicted octanol–water partition coefficient (Wildman–Crippen LogP) is 5.61. The predicted molar refractivity (Wildman–Crippen MR) is 185 cm³/mol. The van der Waals surface area contributed by atoms with Crippen LogP contribution in [0.4, 0.5) is 22.2 Å². The largest absolute Gasteiger partial charge is 0.465 e. The number of nitrogens with zero attached hydrogens (tertiary/aromatic N) is 5. The second kappa shape index (κ2) is 14.3. The third-order valence-corrected chi connectivity index (χ3v) is 8.78. The molecule has 0 spiro atoms. The van der Waals surface area contributed by atoms with Crippen molar-refractivity contribution < 1.29 is 19.4 Å². The van der Waals surface area contributed by atoms with Gasteiger partial charge in [-0.3, -0.25) is 4.79 Å². The van der Waals surface area contributed by atoms with Gasteiger partial charge in [0.05, 0.1) is 5.92 Å². The molecule has 0 radical (unpaired) electrons. The fourth-order valence-electron chi connectivity index (χ4n) is 6.49. The first-order valence-corrected chi connectivity index (χ1v) is 16.6. The Labute approximate surface area is 281 Å². The molecule has 12 nitrogen and oxygen atoms in total. The van der Waals surface area contributed by atoms with E-state index in [1.54, 1.807) is 20.8 Å². The number of benzene rings is 1. The van der Waals surface area contributed by atoms with Gasteiger partial charge in [0.2, 0.25) is 0 Å². The minimum absolute atomic E-state index is 0.240. The third-order valence-electron chi connectivity index (χ3n) is 8.78. The Morgan fingerprint density at radius 2 is 1.79 bits per heavy atom. The monoisotopic (exact) mass is 652 g/mol. The van der Waals surface area contributed by atoms with E-state index in [1.807, 2.05) is 59.4 Å². The molecular weight excluding hydrogens is 608 g/mol. The van der Waals surface area contributed by atoms with Gasteiger partial charge in [0.15, 0.2) is 11.6 Å². The number of rotatable bonds is 10. The molecule has 2 aliphatic rings. The number of fused-ring (bicyclic) bond motifs is 1. The number of piperidine rings is 1. The average molecular weight is 653 g/mol. The average Bonchev–Trinajstić information content (AvgIpc) is 3.61. The lowest BCUT2D eigenvalue weighted by Gasteiger charge is -2.35.